The number of fused-ring (bicyclic) bond motifs is 1. The summed E-state index contributed by atoms with van der Waals surface area (Å²) in [6.07, 6.45) is 4.66. The Morgan fingerprint density at radius 2 is 2.03 bits per heavy atom. The number of rotatable bonds is 8. The van der Waals surface area contributed by atoms with E-state index in [9.17, 15) is 14.9 Å². The summed E-state index contributed by atoms with van der Waals surface area (Å²) < 4.78 is 10.8. The van der Waals surface area contributed by atoms with Crippen LogP contribution in [0.3, 0.4) is 0 Å². The number of carbonyl (C=O) groups excluding carboxylic acids is 2. The lowest BCUT2D eigenvalue weighted by atomic mass is 10.1. The lowest BCUT2D eigenvalue weighted by Gasteiger charge is -2.22. The zero-order valence-electron chi connectivity index (χ0n) is 21.6. The number of anilines is 1. The highest BCUT2D eigenvalue weighted by Crippen LogP contribution is 2.23. The summed E-state index contributed by atoms with van der Waals surface area (Å²) in [4.78, 5) is 32.0. The molecule has 1 aliphatic heterocycles. The highest BCUT2D eigenvalue weighted by molar-refractivity contribution is 5.98. The molecule has 1 aromatic heterocycles. The van der Waals surface area contributed by atoms with Crippen LogP contribution >= 0.6 is 0 Å². The number of methoxy groups -OCH3 is 1. The zero-order valence-corrected chi connectivity index (χ0v) is 21.6. The Hall–Kier alpha value is -4.52. The first-order chi connectivity index (χ1) is 18.4. The number of likely N-dealkylation sites (tertiary alicyclic amines) is 1. The maximum absolute atomic E-state index is 13.3. The molecule has 2 heterocycles. The van der Waals surface area contributed by atoms with E-state index in [1.54, 1.807) is 12.0 Å². The first-order valence-electron chi connectivity index (χ1n) is 12.6. The van der Waals surface area contributed by atoms with Crippen molar-refractivity contribution in [1.82, 2.24) is 15.5 Å². The third-order valence-corrected chi connectivity index (χ3v) is 6.34. The number of carbonyl (C=O) groups is 2. The molecule has 4 rings (SSSR count). The molecule has 0 aliphatic carbocycles. The van der Waals surface area contributed by atoms with Gasteiger partial charge in [-0.2, -0.15) is 5.26 Å². The van der Waals surface area contributed by atoms with Crippen molar-refractivity contribution in [3.05, 3.63) is 59.9 Å². The number of hydrogen-bond acceptors (Lipinski definition) is 6. The normalized spacial score (nSPS) is 16.0. The van der Waals surface area contributed by atoms with Gasteiger partial charge in [0.15, 0.2) is 6.19 Å². The summed E-state index contributed by atoms with van der Waals surface area (Å²) >= 11 is 0. The first kappa shape index (κ1) is 26.5. The summed E-state index contributed by atoms with van der Waals surface area (Å²) in [6, 6.07) is 14.4. The van der Waals surface area contributed by atoms with Crippen molar-refractivity contribution >= 4 is 34.4 Å². The molecule has 0 spiro atoms. The van der Waals surface area contributed by atoms with Crippen LogP contribution in [-0.4, -0.2) is 55.5 Å². The second-order valence-corrected chi connectivity index (χ2v) is 9.17. The van der Waals surface area contributed by atoms with Gasteiger partial charge in [0, 0.05) is 24.2 Å². The van der Waals surface area contributed by atoms with Gasteiger partial charge >= 0.3 is 0 Å². The van der Waals surface area contributed by atoms with Gasteiger partial charge in [-0.05, 0) is 74.6 Å². The molecule has 0 bridgehead atoms. The summed E-state index contributed by atoms with van der Waals surface area (Å²) in [5, 5.41) is 18.7. The third-order valence-electron chi connectivity index (χ3n) is 6.34. The quantitative estimate of drug-likeness (QED) is 0.181. The first-order valence-corrected chi connectivity index (χ1v) is 12.6. The van der Waals surface area contributed by atoms with Crippen molar-refractivity contribution in [1.29, 1.82) is 5.26 Å². The number of aliphatic imine (C=N–C) groups is 1. The Bertz CT molecular complexity index is 1340. The minimum Gasteiger partial charge on any atom is -0.497 e. The lowest BCUT2D eigenvalue weighted by Crippen LogP contribution is -2.44. The number of nitriles is 1. The molecule has 1 fully saturated rings. The molecule has 1 saturated heterocycles. The fraction of sp³-hybridized carbons (Fsp3) is 0.357. The van der Waals surface area contributed by atoms with E-state index in [1.165, 1.54) is 0 Å². The van der Waals surface area contributed by atoms with Crippen LogP contribution in [0.15, 0.2) is 57.9 Å². The van der Waals surface area contributed by atoms with Gasteiger partial charge in [0.05, 0.1) is 13.7 Å². The lowest BCUT2D eigenvalue weighted by molar-refractivity contribution is -0.136. The summed E-state index contributed by atoms with van der Waals surface area (Å²) in [7, 11) is 1.62. The van der Waals surface area contributed by atoms with E-state index in [0.717, 1.165) is 40.9 Å². The van der Waals surface area contributed by atoms with Gasteiger partial charge in [-0.1, -0.05) is 12.1 Å². The second-order valence-electron chi connectivity index (χ2n) is 9.17. The molecule has 10 nitrogen and oxygen atoms in total. The molecule has 1 atom stereocenters. The van der Waals surface area contributed by atoms with Crippen molar-refractivity contribution < 1.29 is 18.7 Å². The van der Waals surface area contributed by atoms with Crippen LogP contribution in [0.2, 0.25) is 0 Å². The van der Waals surface area contributed by atoms with Crippen LogP contribution < -0.4 is 20.7 Å². The van der Waals surface area contributed by atoms with Crippen molar-refractivity contribution in [2.24, 2.45) is 4.99 Å². The maximum Gasteiger partial charge on any atom is 0.247 e. The van der Waals surface area contributed by atoms with E-state index in [4.69, 9.17) is 9.15 Å². The Balaban J connectivity index is 1.36. The van der Waals surface area contributed by atoms with Gasteiger partial charge in [-0.25, -0.2) is 4.99 Å². The third kappa shape index (κ3) is 7.03. The number of ether oxygens (including phenoxy) is 1. The Morgan fingerprint density at radius 3 is 2.79 bits per heavy atom. The number of guanidine groups is 1. The molecule has 3 aromatic rings. The van der Waals surface area contributed by atoms with Gasteiger partial charge < -0.3 is 24.7 Å². The molecule has 0 saturated carbocycles. The molecular formula is C28H32N6O4. The number of amides is 2. The molecule has 2 amide bonds. The smallest absolute Gasteiger partial charge is 0.247 e. The summed E-state index contributed by atoms with van der Waals surface area (Å²) in [5.41, 5.74) is 2.55. The van der Waals surface area contributed by atoms with Crippen LogP contribution in [0.25, 0.3) is 11.0 Å². The molecule has 0 radical (unpaired) electrons. The van der Waals surface area contributed by atoms with Crippen LogP contribution in [-0.2, 0) is 16.0 Å². The molecule has 2 aromatic carbocycles. The topological polar surface area (TPSA) is 132 Å². The number of aryl methyl sites for hydroxylation is 1. The van der Waals surface area contributed by atoms with Crippen molar-refractivity contribution in [3.63, 3.8) is 0 Å². The fourth-order valence-electron chi connectivity index (χ4n) is 4.42. The van der Waals surface area contributed by atoms with Gasteiger partial charge in [0.25, 0.3) is 0 Å². The molecule has 10 heteroatoms. The molecule has 3 N–H and O–H groups in total. The highest BCUT2D eigenvalue weighted by atomic mass is 16.5. The van der Waals surface area contributed by atoms with E-state index in [0.29, 0.717) is 31.6 Å². The van der Waals surface area contributed by atoms with Crippen LogP contribution in [0.5, 0.6) is 5.75 Å². The average Bonchev–Trinajstić information content (AvgIpc) is 3.20. The van der Waals surface area contributed by atoms with Crippen molar-refractivity contribution in [2.75, 3.05) is 32.1 Å². The minimum atomic E-state index is -0.701. The monoisotopic (exact) mass is 516 g/mol. The summed E-state index contributed by atoms with van der Waals surface area (Å²) in [5.74, 6) is 1.32. The molecule has 1 unspecified atom stereocenters. The van der Waals surface area contributed by atoms with E-state index in [2.05, 4.69) is 20.9 Å². The van der Waals surface area contributed by atoms with Gasteiger partial charge in [-0.15, -0.1) is 0 Å². The number of benzene rings is 2. The molecular weight excluding hydrogens is 484 g/mol. The van der Waals surface area contributed by atoms with Crippen LogP contribution in [0.1, 0.15) is 30.6 Å². The second kappa shape index (κ2) is 12.6. The van der Waals surface area contributed by atoms with Gasteiger partial charge in [-0.3, -0.25) is 14.9 Å². The number of furan rings is 1. The van der Waals surface area contributed by atoms with Crippen LogP contribution in [0, 0.1) is 18.4 Å². The fourth-order valence-corrected chi connectivity index (χ4v) is 4.42. The Labute approximate surface area is 221 Å². The van der Waals surface area contributed by atoms with Gasteiger partial charge in [0.1, 0.15) is 23.1 Å². The van der Waals surface area contributed by atoms with Crippen LogP contribution in [0.4, 0.5) is 5.69 Å². The Kier molecular flexibility index (Phi) is 8.82. The number of hydrogen-bond donors (Lipinski definition) is 3. The predicted molar refractivity (Wildman–Crippen MR) is 145 cm³/mol. The van der Waals surface area contributed by atoms with E-state index < -0.39 is 6.04 Å². The van der Waals surface area contributed by atoms with Crippen molar-refractivity contribution in [2.45, 2.75) is 38.6 Å². The molecule has 38 heavy (non-hydrogen) atoms. The maximum atomic E-state index is 13.3. The number of nitrogens with one attached hydrogen (secondary N) is 3. The molecule has 198 valence electrons. The molecule has 1 aliphatic rings. The standard InChI is InChI=1S/C28H32N6O4/c1-19-15-21-16-22(8-11-25(21)38-19)32-28(31-18-29)33-24-5-3-4-14-34(27(24)36)17-26(35)30-13-12-20-6-9-23(37-2)10-7-20/h6-11,15-16,24H,3-5,12-14,17H2,1-2H3,(H,30,35)(H2,31,32,33). The minimum absolute atomic E-state index is 0.0294. The van der Waals surface area contributed by atoms with Crippen molar-refractivity contribution in [3.8, 4) is 11.9 Å². The largest absolute Gasteiger partial charge is 0.497 e. The SMILES string of the molecule is COc1ccc(CCNC(=O)CN2CCCCC(N=C(NC#N)Nc3ccc4oc(C)cc4c3)C2=O)cc1. The summed E-state index contributed by atoms with van der Waals surface area (Å²) in [6.45, 7) is 2.80. The zero-order chi connectivity index (χ0) is 26.9. The van der Waals surface area contributed by atoms with E-state index in [-0.39, 0.29) is 24.3 Å². The van der Waals surface area contributed by atoms with Gasteiger partial charge in [0.2, 0.25) is 17.8 Å². The van der Waals surface area contributed by atoms with E-state index in [1.807, 2.05) is 61.6 Å². The highest BCUT2D eigenvalue weighted by Gasteiger charge is 2.28. The van der Waals surface area contributed by atoms with E-state index >= 15 is 0 Å². The number of nitrogens with zero attached hydrogens (tertiary/aromatic N) is 3. The Morgan fingerprint density at radius 1 is 1.21 bits per heavy atom. The average molecular weight is 517 g/mol. The predicted octanol–water partition coefficient (Wildman–Crippen LogP) is 3.33.